The molecule has 3 nitrogen and oxygen atoms in total. The van der Waals surface area contributed by atoms with Crippen LogP contribution in [0.2, 0.25) is 0 Å². The van der Waals surface area contributed by atoms with Crippen LogP contribution in [0.4, 0.5) is 0 Å². The normalized spacial score (nSPS) is 11.0. The highest BCUT2D eigenvalue weighted by Crippen LogP contribution is 2.32. The largest absolute Gasteiger partial charge is 0.502 e. The third-order valence-corrected chi connectivity index (χ3v) is 4.03. The molecule has 1 aromatic heterocycles. The number of aryl methyl sites for hydroxylation is 2. The maximum absolute atomic E-state index is 12.5. The van der Waals surface area contributed by atoms with Crippen molar-refractivity contribution < 1.29 is 9.52 Å². The third kappa shape index (κ3) is 2.02. The molecule has 0 aliphatic rings. The van der Waals surface area contributed by atoms with Crippen LogP contribution in [0.5, 0.6) is 5.75 Å². The van der Waals surface area contributed by atoms with Gasteiger partial charge in [0.05, 0.1) is 5.39 Å². The standard InChI is InChI=1S/C18H16O3/c1-10-9-14-15(12(3)11(10)2)16(19)17(20)18(21-14)13-7-5-4-6-8-13/h4-9,20H,1-3H3. The van der Waals surface area contributed by atoms with Gasteiger partial charge in [-0.15, -0.1) is 0 Å². The summed E-state index contributed by atoms with van der Waals surface area (Å²) in [6.45, 7) is 5.83. The van der Waals surface area contributed by atoms with E-state index in [0.717, 1.165) is 16.7 Å². The summed E-state index contributed by atoms with van der Waals surface area (Å²) in [5, 5.41) is 10.7. The molecule has 2 aromatic carbocycles. The van der Waals surface area contributed by atoms with Crippen molar-refractivity contribution in [1.82, 2.24) is 0 Å². The number of hydrogen-bond acceptors (Lipinski definition) is 3. The van der Waals surface area contributed by atoms with Crippen LogP contribution in [-0.4, -0.2) is 5.11 Å². The van der Waals surface area contributed by atoms with Crippen LogP contribution in [-0.2, 0) is 0 Å². The Bertz CT molecular complexity index is 890. The Labute approximate surface area is 122 Å². The van der Waals surface area contributed by atoms with Crippen LogP contribution in [0.1, 0.15) is 16.7 Å². The second kappa shape index (κ2) is 4.77. The minimum atomic E-state index is -0.379. The van der Waals surface area contributed by atoms with Crippen LogP contribution < -0.4 is 5.43 Å². The van der Waals surface area contributed by atoms with Gasteiger partial charge in [-0.1, -0.05) is 30.3 Å². The molecule has 0 radical (unpaired) electrons. The van der Waals surface area contributed by atoms with Crippen molar-refractivity contribution in [3.63, 3.8) is 0 Å². The molecule has 0 saturated carbocycles. The van der Waals surface area contributed by atoms with Crippen molar-refractivity contribution in [3.8, 4) is 17.1 Å². The first-order valence-electron chi connectivity index (χ1n) is 6.82. The van der Waals surface area contributed by atoms with E-state index < -0.39 is 0 Å². The van der Waals surface area contributed by atoms with Crippen molar-refractivity contribution in [2.45, 2.75) is 20.8 Å². The van der Waals surface area contributed by atoms with Gasteiger partial charge in [0.2, 0.25) is 11.2 Å². The van der Waals surface area contributed by atoms with E-state index in [-0.39, 0.29) is 16.9 Å². The first kappa shape index (κ1) is 13.4. The van der Waals surface area contributed by atoms with E-state index in [4.69, 9.17) is 4.42 Å². The summed E-state index contributed by atoms with van der Waals surface area (Å²) >= 11 is 0. The van der Waals surface area contributed by atoms with Gasteiger partial charge in [-0.2, -0.15) is 0 Å². The van der Waals surface area contributed by atoms with Crippen molar-refractivity contribution in [1.29, 1.82) is 0 Å². The molecule has 1 heterocycles. The van der Waals surface area contributed by atoms with Gasteiger partial charge in [0.1, 0.15) is 5.58 Å². The fraction of sp³-hybridized carbons (Fsp3) is 0.167. The van der Waals surface area contributed by atoms with Gasteiger partial charge in [-0.05, 0) is 43.5 Å². The van der Waals surface area contributed by atoms with Crippen molar-refractivity contribution >= 4 is 11.0 Å². The predicted molar refractivity (Wildman–Crippen MR) is 83.8 cm³/mol. The molecular weight excluding hydrogens is 264 g/mol. The molecule has 0 aliphatic carbocycles. The summed E-state index contributed by atoms with van der Waals surface area (Å²) in [5.74, 6) is -0.115. The number of hydrogen-bond donors (Lipinski definition) is 1. The van der Waals surface area contributed by atoms with Crippen LogP contribution in [0.3, 0.4) is 0 Å². The van der Waals surface area contributed by atoms with Crippen molar-refractivity contribution in [3.05, 3.63) is 63.3 Å². The Kier molecular flexibility index (Phi) is 3.05. The molecule has 0 atom stereocenters. The summed E-state index contributed by atoms with van der Waals surface area (Å²) in [4.78, 5) is 12.5. The molecule has 0 aliphatic heterocycles. The molecule has 0 bridgehead atoms. The van der Waals surface area contributed by atoms with Gasteiger partial charge < -0.3 is 9.52 Å². The molecular formula is C18H16O3. The SMILES string of the molecule is Cc1cc2oc(-c3ccccc3)c(O)c(=O)c2c(C)c1C. The fourth-order valence-corrected chi connectivity index (χ4v) is 2.57. The van der Waals surface area contributed by atoms with Gasteiger partial charge in [-0.25, -0.2) is 0 Å². The molecule has 3 aromatic rings. The molecule has 21 heavy (non-hydrogen) atoms. The lowest BCUT2D eigenvalue weighted by Crippen LogP contribution is -2.06. The maximum atomic E-state index is 12.5. The third-order valence-electron chi connectivity index (χ3n) is 4.03. The second-order valence-corrected chi connectivity index (χ2v) is 5.29. The van der Waals surface area contributed by atoms with Crippen LogP contribution in [0, 0.1) is 20.8 Å². The van der Waals surface area contributed by atoms with E-state index in [2.05, 4.69) is 0 Å². The van der Waals surface area contributed by atoms with Gasteiger partial charge in [0, 0.05) is 5.56 Å². The zero-order valence-electron chi connectivity index (χ0n) is 12.2. The van der Waals surface area contributed by atoms with Crippen molar-refractivity contribution in [2.24, 2.45) is 0 Å². The van der Waals surface area contributed by atoms with E-state index in [1.807, 2.05) is 45.0 Å². The van der Waals surface area contributed by atoms with E-state index >= 15 is 0 Å². The topological polar surface area (TPSA) is 50.4 Å². The summed E-state index contributed by atoms with van der Waals surface area (Å²) in [6, 6.07) is 11.0. The Morgan fingerprint density at radius 2 is 1.67 bits per heavy atom. The molecule has 0 unspecified atom stereocenters. The molecule has 106 valence electrons. The molecule has 0 spiro atoms. The average molecular weight is 280 g/mol. The summed E-state index contributed by atoms with van der Waals surface area (Å²) in [5.41, 5.74) is 3.78. The van der Waals surface area contributed by atoms with E-state index in [0.29, 0.717) is 16.5 Å². The molecule has 0 amide bonds. The number of benzene rings is 2. The molecule has 1 N–H and O–H groups in total. The quantitative estimate of drug-likeness (QED) is 0.730. The van der Waals surface area contributed by atoms with E-state index in [1.54, 1.807) is 12.1 Å². The number of rotatable bonds is 1. The zero-order chi connectivity index (χ0) is 15.1. The lowest BCUT2D eigenvalue weighted by Gasteiger charge is -2.11. The molecule has 3 rings (SSSR count). The lowest BCUT2D eigenvalue weighted by atomic mass is 9.99. The fourth-order valence-electron chi connectivity index (χ4n) is 2.57. The highest BCUT2D eigenvalue weighted by Gasteiger charge is 2.18. The average Bonchev–Trinajstić information content (AvgIpc) is 2.49. The minimum Gasteiger partial charge on any atom is -0.502 e. The molecule has 0 saturated heterocycles. The van der Waals surface area contributed by atoms with Gasteiger partial charge in [0.15, 0.2) is 5.76 Å². The monoisotopic (exact) mass is 280 g/mol. The Morgan fingerprint density at radius 3 is 2.33 bits per heavy atom. The van der Waals surface area contributed by atoms with E-state index in [9.17, 15) is 9.90 Å². The smallest absolute Gasteiger partial charge is 0.235 e. The lowest BCUT2D eigenvalue weighted by molar-refractivity contribution is 0.449. The minimum absolute atomic E-state index is 0.218. The Balaban J connectivity index is 2.44. The zero-order valence-corrected chi connectivity index (χ0v) is 12.2. The molecule has 0 fully saturated rings. The van der Waals surface area contributed by atoms with Crippen LogP contribution in [0.25, 0.3) is 22.3 Å². The van der Waals surface area contributed by atoms with Gasteiger partial charge in [0.25, 0.3) is 0 Å². The van der Waals surface area contributed by atoms with E-state index in [1.165, 1.54) is 0 Å². The maximum Gasteiger partial charge on any atom is 0.235 e. The Hall–Kier alpha value is -2.55. The first-order valence-corrected chi connectivity index (χ1v) is 6.82. The number of fused-ring (bicyclic) bond motifs is 1. The van der Waals surface area contributed by atoms with Crippen LogP contribution in [0.15, 0.2) is 45.6 Å². The highest BCUT2D eigenvalue weighted by molar-refractivity contribution is 5.86. The van der Waals surface area contributed by atoms with Crippen LogP contribution >= 0.6 is 0 Å². The second-order valence-electron chi connectivity index (χ2n) is 5.29. The van der Waals surface area contributed by atoms with Gasteiger partial charge >= 0.3 is 0 Å². The predicted octanol–water partition coefficient (Wildman–Crippen LogP) is 4.09. The summed E-state index contributed by atoms with van der Waals surface area (Å²) in [7, 11) is 0. The first-order chi connectivity index (χ1) is 10.0. The highest BCUT2D eigenvalue weighted by atomic mass is 16.4. The molecule has 3 heteroatoms. The summed E-state index contributed by atoms with van der Waals surface area (Å²) in [6.07, 6.45) is 0. The van der Waals surface area contributed by atoms with Crippen molar-refractivity contribution in [2.75, 3.05) is 0 Å². The Morgan fingerprint density at radius 1 is 1.00 bits per heavy atom. The van der Waals surface area contributed by atoms with Gasteiger partial charge in [-0.3, -0.25) is 4.79 Å². The number of aromatic hydroxyl groups is 1. The summed E-state index contributed by atoms with van der Waals surface area (Å²) < 4.78 is 5.83.